The molecule has 1 aliphatic heterocycles. The molecule has 0 bridgehead atoms. The number of allylic oxidation sites excluding steroid dienone is 1. The Morgan fingerprint density at radius 3 is 2.92 bits per heavy atom. The third kappa shape index (κ3) is 2.83. The van der Waals surface area contributed by atoms with Crippen LogP contribution in [0.4, 0.5) is 0 Å². The minimum Gasteiger partial charge on any atom is -0.489 e. The first-order valence-electron chi connectivity index (χ1n) is 8.95. The van der Waals surface area contributed by atoms with E-state index >= 15 is 0 Å². The number of Topliss-reactive ketones (excluding diaryl/α,β-unsaturated/α-hetero) is 1. The van der Waals surface area contributed by atoms with Crippen LogP contribution < -0.4 is 10.1 Å². The minimum atomic E-state index is -0.249. The van der Waals surface area contributed by atoms with E-state index in [-0.39, 0.29) is 11.3 Å². The fourth-order valence-corrected chi connectivity index (χ4v) is 3.69. The number of para-hydroxylation sites is 1. The third-order valence-corrected chi connectivity index (χ3v) is 4.84. The number of nitrogens with one attached hydrogen (secondary N) is 2. The van der Waals surface area contributed by atoms with Crippen molar-refractivity contribution in [1.29, 1.82) is 0 Å². The zero-order chi connectivity index (χ0) is 18.3. The molecule has 2 aromatic rings. The zero-order valence-corrected chi connectivity index (χ0v) is 15.2. The average Bonchev–Trinajstić information content (AvgIpc) is 3.04. The van der Waals surface area contributed by atoms with Crippen molar-refractivity contribution < 1.29 is 9.53 Å². The number of carbonyl (C=O) groups is 1. The normalized spacial score (nSPS) is 18.0. The Morgan fingerprint density at radius 1 is 1.31 bits per heavy atom. The van der Waals surface area contributed by atoms with E-state index in [0.29, 0.717) is 13.0 Å². The van der Waals surface area contributed by atoms with Gasteiger partial charge in [0.1, 0.15) is 18.2 Å². The Hall–Kier alpha value is -2.82. The lowest BCUT2D eigenvalue weighted by Crippen LogP contribution is -2.45. The second kappa shape index (κ2) is 6.16. The van der Waals surface area contributed by atoms with Gasteiger partial charge in [0.15, 0.2) is 5.78 Å². The Morgan fingerprint density at radius 2 is 2.12 bits per heavy atom. The lowest BCUT2D eigenvalue weighted by atomic mass is 9.83. The number of nitrogens with zero attached hydrogens (tertiary/aromatic N) is 1. The van der Waals surface area contributed by atoms with Crippen LogP contribution in [0.15, 0.2) is 42.5 Å². The van der Waals surface area contributed by atoms with Crippen LogP contribution in [-0.2, 0) is 11.2 Å². The maximum Gasteiger partial charge on any atom is 0.163 e. The van der Waals surface area contributed by atoms with Gasteiger partial charge in [0.25, 0.3) is 0 Å². The quantitative estimate of drug-likeness (QED) is 0.827. The second-order valence-electron chi connectivity index (χ2n) is 7.47. The van der Waals surface area contributed by atoms with E-state index < -0.39 is 0 Å². The Bertz CT molecular complexity index is 921. The van der Waals surface area contributed by atoms with Gasteiger partial charge in [-0.3, -0.25) is 4.79 Å². The van der Waals surface area contributed by atoms with E-state index in [1.165, 1.54) is 0 Å². The van der Waals surface area contributed by atoms with Gasteiger partial charge in [0.2, 0.25) is 0 Å². The number of carbonyl (C=O) groups excluding carboxylic acids is 1. The second-order valence-corrected chi connectivity index (χ2v) is 7.47. The molecule has 0 saturated heterocycles. The van der Waals surface area contributed by atoms with Crippen LogP contribution in [0.3, 0.4) is 0 Å². The SMILES string of the molecule is C=CCOc1ccccc1-c1nc2c([nH]1)C1=C(CC2)C(=O)CC(C)(C)N1. The number of benzene rings is 1. The van der Waals surface area contributed by atoms with Gasteiger partial charge in [0, 0.05) is 17.5 Å². The van der Waals surface area contributed by atoms with Gasteiger partial charge in [0.05, 0.1) is 22.6 Å². The molecule has 5 heteroatoms. The molecule has 4 rings (SSSR count). The van der Waals surface area contributed by atoms with Gasteiger partial charge in [-0.25, -0.2) is 4.98 Å². The first-order chi connectivity index (χ1) is 12.5. The van der Waals surface area contributed by atoms with Crippen LogP contribution >= 0.6 is 0 Å². The number of hydrogen-bond donors (Lipinski definition) is 2. The third-order valence-electron chi connectivity index (χ3n) is 4.84. The lowest BCUT2D eigenvalue weighted by molar-refractivity contribution is -0.117. The number of H-pyrrole nitrogens is 1. The fraction of sp³-hybridized carbons (Fsp3) is 0.333. The van der Waals surface area contributed by atoms with Crippen molar-refractivity contribution in [3.05, 3.63) is 53.9 Å². The molecule has 0 atom stereocenters. The molecule has 0 unspecified atom stereocenters. The summed E-state index contributed by atoms with van der Waals surface area (Å²) in [6, 6.07) is 7.82. The molecular weight excluding hydrogens is 326 g/mol. The Balaban J connectivity index is 1.77. The molecule has 0 spiro atoms. The molecule has 1 aliphatic carbocycles. The van der Waals surface area contributed by atoms with Crippen LogP contribution in [0.25, 0.3) is 17.1 Å². The first kappa shape index (κ1) is 16.6. The Labute approximate surface area is 153 Å². The number of aromatic amines is 1. The van der Waals surface area contributed by atoms with Gasteiger partial charge in [-0.1, -0.05) is 24.8 Å². The number of imidazole rings is 1. The van der Waals surface area contributed by atoms with Crippen LogP contribution in [0.1, 0.15) is 38.1 Å². The van der Waals surface area contributed by atoms with Crippen molar-refractivity contribution in [3.63, 3.8) is 0 Å². The number of ether oxygens (including phenoxy) is 1. The summed E-state index contributed by atoms with van der Waals surface area (Å²) < 4.78 is 5.77. The summed E-state index contributed by atoms with van der Waals surface area (Å²) in [6.45, 7) is 8.25. The van der Waals surface area contributed by atoms with Crippen molar-refractivity contribution in [2.45, 2.75) is 38.6 Å². The van der Waals surface area contributed by atoms with Crippen molar-refractivity contribution in [1.82, 2.24) is 15.3 Å². The molecule has 0 saturated carbocycles. The topological polar surface area (TPSA) is 67.0 Å². The molecule has 1 aromatic heterocycles. The van der Waals surface area contributed by atoms with Crippen molar-refractivity contribution in [2.75, 3.05) is 6.61 Å². The van der Waals surface area contributed by atoms with E-state index in [1.807, 2.05) is 24.3 Å². The molecule has 26 heavy (non-hydrogen) atoms. The minimum absolute atomic E-state index is 0.236. The fourth-order valence-electron chi connectivity index (χ4n) is 3.69. The molecular formula is C21H23N3O2. The molecule has 0 fully saturated rings. The number of aryl methyl sites for hydroxylation is 1. The van der Waals surface area contributed by atoms with Crippen LogP contribution in [0, 0.1) is 0 Å². The van der Waals surface area contributed by atoms with E-state index in [4.69, 9.17) is 9.72 Å². The highest BCUT2D eigenvalue weighted by Crippen LogP contribution is 2.38. The molecule has 2 aliphatic rings. The number of aromatic nitrogens is 2. The highest BCUT2D eigenvalue weighted by Gasteiger charge is 2.36. The van der Waals surface area contributed by atoms with Gasteiger partial charge in [-0.15, -0.1) is 0 Å². The predicted molar refractivity (Wildman–Crippen MR) is 102 cm³/mol. The molecule has 0 amide bonds. The molecule has 2 N–H and O–H groups in total. The summed E-state index contributed by atoms with van der Waals surface area (Å²) in [7, 11) is 0. The standard InChI is InChI=1S/C21H23N3O2/c1-4-11-26-17-8-6-5-7-14(17)20-22-15-10-9-13-16(25)12-21(2,3)24-18(13)19(15)23-20/h4-8,24H,1,9-12H2,2-3H3,(H,22,23). The monoisotopic (exact) mass is 349 g/mol. The summed E-state index contributed by atoms with van der Waals surface area (Å²) in [5, 5.41) is 3.54. The first-order valence-corrected chi connectivity index (χ1v) is 8.95. The summed E-state index contributed by atoms with van der Waals surface area (Å²) in [5.74, 6) is 1.77. The van der Waals surface area contributed by atoms with Crippen molar-refractivity contribution in [3.8, 4) is 17.1 Å². The van der Waals surface area contributed by atoms with Gasteiger partial charge >= 0.3 is 0 Å². The summed E-state index contributed by atoms with van der Waals surface area (Å²) in [6.07, 6.45) is 3.76. The van der Waals surface area contributed by atoms with Gasteiger partial charge in [-0.2, -0.15) is 0 Å². The van der Waals surface area contributed by atoms with Gasteiger partial charge in [-0.05, 0) is 38.8 Å². The largest absolute Gasteiger partial charge is 0.489 e. The maximum absolute atomic E-state index is 12.5. The van der Waals surface area contributed by atoms with E-state index in [2.05, 4.69) is 30.7 Å². The molecule has 0 radical (unpaired) electrons. The highest BCUT2D eigenvalue weighted by molar-refractivity contribution is 6.05. The lowest BCUT2D eigenvalue weighted by Gasteiger charge is -2.36. The zero-order valence-electron chi connectivity index (χ0n) is 15.2. The van der Waals surface area contributed by atoms with Crippen LogP contribution in [-0.4, -0.2) is 27.9 Å². The average molecular weight is 349 g/mol. The number of rotatable bonds is 4. The smallest absolute Gasteiger partial charge is 0.163 e. The van der Waals surface area contributed by atoms with E-state index in [1.54, 1.807) is 6.08 Å². The number of fused-ring (bicyclic) bond motifs is 2. The Kier molecular flexibility index (Phi) is 3.94. The van der Waals surface area contributed by atoms with E-state index in [9.17, 15) is 4.79 Å². The summed E-state index contributed by atoms with van der Waals surface area (Å²) >= 11 is 0. The van der Waals surface area contributed by atoms with Crippen molar-refractivity contribution in [2.24, 2.45) is 0 Å². The molecule has 134 valence electrons. The number of hydrogen-bond acceptors (Lipinski definition) is 4. The van der Waals surface area contributed by atoms with Crippen LogP contribution in [0.5, 0.6) is 5.75 Å². The van der Waals surface area contributed by atoms with Gasteiger partial charge < -0.3 is 15.0 Å². The molecule has 5 nitrogen and oxygen atoms in total. The van der Waals surface area contributed by atoms with Crippen molar-refractivity contribution >= 4 is 11.5 Å². The highest BCUT2D eigenvalue weighted by atomic mass is 16.5. The number of ketones is 1. The van der Waals surface area contributed by atoms with E-state index in [0.717, 1.165) is 52.6 Å². The predicted octanol–water partition coefficient (Wildman–Crippen LogP) is 3.64. The summed E-state index contributed by atoms with van der Waals surface area (Å²) in [5.41, 5.74) is 4.39. The maximum atomic E-state index is 12.5. The molecule has 2 heterocycles. The molecule has 1 aromatic carbocycles. The summed E-state index contributed by atoms with van der Waals surface area (Å²) in [4.78, 5) is 20.8. The van der Waals surface area contributed by atoms with Crippen LogP contribution in [0.2, 0.25) is 0 Å².